The summed E-state index contributed by atoms with van der Waals surface area (Å²) in [6.45, 7) is 1.99. The monoisotopic (exact) mass is 593 g/mol. The Balaban J connectivity index is 0.000000184. The number of pyridine rings is 2. The third-order valence-corrected chi connectivity index (χ3v) is 4.44. The van der Waals surface area contributed by atoms with Gasteiger partial charge >= 0.3 is 0 Å². The summed E-state index contributed by atoms with van der Waals surface area (Å²) in [7, 11) is 0. The summed E-state index contributed by atoms with van der Waals surface area (Å²) in [6.07, 6.45) is 5.23. The molecule has 0 fully saturated rings. The van der Waals surface area contributed by atoms with Gasteiger partial charge in [0.25, 0.3) is 0 Å². The molecule has 32 heavy (non-hydrogen) atoms. The normalized spacial score (nSPS) is 9.78. The van der Waals surface area contributed by atoms with E-state index in [0.29, 0.717) is 5.82 Å². The van der Waals surface area contributed by atoms with Crippen molar-refractivity contribution in [3.8, 4) is 33.9 Å². The Morgan fingerprint density at radius 1 is 0.625 bits per heavy atom. The first-order valence-corrected chi connectivity index (χ1v) is 9.91. The van der Waals surface area contributed by atoms with Crippen LogP contribution in [0.3, 0.4) is 0 Å². The maximum Gasteiger partial charge on any atom is 0.158 e. The third-order valence-electron chi connectivity index (χ3n) is 4.44. The predicted molar refractivity (Wildman–Crippen MR) is 123 cm³/mol. The van der Waals surface area contributed by atoms with E-state index in [9.17, 15) is 0 Å². The Kier molecular flexibility index (Phi) is 8.50. The van der Waals surface area contributed by atoms with Gasteiger partial charge in [-0.2, -0.15) is 0 Å². The molecule has 0 unspecified atom stereocenters. The van der Waals surface area contributed by atoms with Crippen molar-refractivity contribution in [3.63, 3.8) is 0 Å². The number of aromatic nitrogens is 4. The summed E-state index contributed by atoms with van der Waals surface area (Å²) in [4.78, 5) is 17.2. The Morgan fingerprint density at radius 3 is 1.94 bits per heavy atom. The third kappa shape index (κ3) is 6.24. The zero-order valence-electron chi connectivity index (χ0n) is 17.4. The Morgan fingerprint density at radius 2 is 1.31 bits per heavy atom. The first kappa shape index (κ1) is 23.1. The molecule has 0 aliphatic heterocycles. The molecule has 3 heterocycles. The van der Waals surface area contributed by atoms with E-state index >= 15 is 0 Å². The van der Waals surface area contributed by atoms with Crippen molar-refractivity contribution in [2.24, 2.45) is 0 Å². The van der Waals surface area contributed by atoms with Crippen molar-refractivity contribution in [2.75, 3.05) is 0 Å². The van der Waals surface area contributed by atoms with Crippen LogP contribution in [0.25, 0.3) is 33.9 Å². The summed E-state index contributed by atoms with van der Waals surface area (Å²) in [5, 5.41) is 0. The number of hydrogen-bond donors (Lipinski definition) is 0. The second kappa shape index (κ2) is 11.8. The van der Waals surface area contributed by atoms with Crippen LogP contribution in [-0.4, -0.2) is 19.9 Å². The van der Waals surface area contributed by atoms with Crippen LogP contribution in [0.4, 0.5) is 0 Å². The van der Waals surface area contributed by atoms with Crippen molar-refractivity contribution in [1.29, 1.82) is 0 Å². The molecule has 0 amide bonds. The zero-order valence-corrected chi connectivity index (χ0v) is 19.8. The van der Waals surface area contributed by atoms with E-state index in [1.807, 2.05) is 85.8 Å². The number of benzene rings is 2. The van der Waals surface area contributed by atoms with Gasteiger partial charge < -0.3 is 9.97 Å². The van der Waals surface area contributed by atoms with Gasteiger partial charge in [0, 0.05) is 50.0 Å². The molecule has 0 N–H and O–H groups in total. The molecule has 0 spiro atoms. The van der Waals surface area contributed by atoms with Crippen molar-refractivity contribution in [3.05, 3.63) is 121 Å². The molecular weight excluding hydrogens is 573 g/mol. The van der Waals surface area contributed by atoms with E-state index < -0.39 is 0 Å². The van der Waals surface area contributed by atoms with E-state index in [2.05, 4.69) is 32.1 Å². The molecule has 0 atom stereocenters. The van der Waals surface area contributed by atoms with Crippen LogP contribution in [0.2, 0.25) is 0 Å². The fourth-order valence-electron chi connectivity index (χ4n) is 2.96. The summed E-state index contributed by atoms with van der Waals surface area (Å²) in [5.41, 5.74) is 5.87. The van der Waals surface area contributed by atoms with Crippen LogP contribution in [0.15, 0.2) is 104 Å². The summed E-state index contributed by atoms with van der Waals surface area (Å²) in [6, 6.07) is 33.6. The molecule has 2 aromatic carbocycles. The zero-order chi connectivity index (χ0) is 21.3. The van der Waals surface area contributed by atoms with Gasteiger partial charge in [-0.05, 0) is 36.5 Å². The number of aryl methyl sites for hydroxylation is 1. The van der Waals surface area contributed by atoms with Gasteiger partial charge in [-0.3, -0.25) is 0 Å². The van der Waals surface area contributed by atoms with Crippen LogP contribution in [0.1, 0.15) is 5.69 Å². The van der Waals surface area contributed by atoms with Crippen LogP contribution in [0, 0.1) is 19.1 Å². The van der Waals surface area contributed by atoms with Gasteiger partial charge in [0.2, 0.25) is 0 Å². The van der Waals surface area contributed by atoms with Gasteiger partial charge in [-0.15, -0.1) is 71.8 Å². The van der Waals surface area contributed by atoms with Crippen LogP contribution in [-0.2, 0) is 20.1 Å². The van der Waals surface area contributed by atoms with E-state index in [1.54, 1.807) is 24.7 Å². The van der Waals surface area contributed by atoms with E-state index in [0.717, 1.165) is 33.8 Å². The molecule has 3 aromatic heterocycles. The molecule has 5 heteroatoms. The molecule has 159 valence electrons. The molecule has 0 aliphatic carbocycles. The van der Waals surface area contributed by atoms with Gasteiger partial charge in [0.1, 0.15) is 0 Å². The van der Waals surface area contributed by atoms with Crippen molar-refractivity contribution in [1.82, 2.24) is 19.9 Å². The second-order valence-electron chi connectivity index (χ2n) is 6.72. The average molecular weight is 593 g/mol. The van der Waals surface area contributed by atoms with Gasteiger partial charge in [0.05, 0.1) is 0 Å². The van der Waals surface area contributed by atoms with Gasteiger partial charge in [0.15, 0.2) is 5.82 Å². The van der Waals surface area contributed by atoms with Crippen molar-refractivity contribution >= 4 is 0 Å². The minimum atomic E-state index is 0. The van der Waals surface area contributed by atoms with E-state index in [1.165, 1.54) is 0 Å². The second-order valence-corrected chi connectivity index (χ2v) is 6.72. The Hall–Kier alpha value is -3.53. The molecule has 5 aromatic rings. The quantitative estimate of drug-likeness (QED) is 0.246. The first-order chi connectivity index (χ1) is 15.3. The van der Waals surface area contributed by atoms with Crippen LogP contribution in [0.5, 0.6) is 0 Å². The largest absolute Gasteiger partial charge is 0.305 e. The molecule has 1 radical (unpaired) electrons. The molecule has 4 nitrogen and oxygen atoms in total. The molecule has 0 saturated heterocycles. The van der Waals surface area contributed by atoms with Crippen LogP contribution < -0.4 is 0 Å². The van der Waals surface area contributed by atoms with Crippen molar-refractivity contribution in [2.45, 2.75) is 6.92 Å². The summed E-state index contributed by atoms with van der Waals surface area (Å²) >= 11 is 0. The predicted octanol–water partition coefficient (Wildman–Crippen LogP) is 5.86. The minimum Gasteiger partial charge on any atom is -0.305 e. The average Bonchev–Trinajstić information content (AvgIpc) is 2.86. The first-order valence-electron chi connectivity index (χ1n) is 9.91. The van der Waals surface area contributed by atoms with Crippen molar-refractivity contribution < 1.29 is 20.1 Å². The number of hydrogen-bond acceptors (Lipinski definition) is 4. The van der Waals surface area contributed by atoms with E-state index in [4.69, 9.17) is 0 Å². The van der Waals surface area contributed by atoms with E-state index in [-0.39, 0.29) is 20.1 Å². The Bertz CT molecular complexity index is 1180. The molecular formula is C27H20IrN4-2. The maximum absolute atomic E-state index is 4.41. The van der Waals surface area contributed by atoms with Gasteiger partial charge in [-0.25, -0.2) is 9.97 Å². The summed E-state index contributed by atoms with van der Waals surface area (Å²) in [5.74, 6) is 0.706. The Labute approximate surface area is 201 Å². The molecule has 0 bridgehead atoms. The number of nitrogens with zero attached hydrogens (tertiary/aromatic N) is 4. The standard InChI is InChI=1S/C15H10N3.C12H10N.Ir/c1-2-5-12(6-3-1)14-11-13(7-10-16-14)15-17-8-4-9-18-15;1-10-6-5-9-12(13-10)11-7-3-2-4-8-11;/h1-5,7-11H;2-7,9H,1H3;/q2*-1;. The van der Waals surface area contributed by atoms with Gasteiger partial charge in [-0.1, -0.05) is 18.2 Å². The minimum absolute atomic E-state index is 0. The number of rotatable bonds is 3. The summed E-state index contributed by atoms with van der Waals surface area (Å²) < 4.78 is 0. The molecule has 0 saturated carbocycles. The fourth-order valence-corrected chi connectivity index (χ4v) is 2.96. The molecule has 0 aliphatic rings. The topological polar surface area (TPSA) is 51.6 Å². The van der Waals surface area contributed by atoms with Crippen LogP contribution >= 0.6 is 0 Å². The molecule has 5 rings (SSSR count). The fraction of sp³-hybridized carbons (Fsp3) is 0.0370. The SMILES string of the molecule is Cc1cccc(-c2[c-]cccc2)n1.[Ir].[c-]1ccccc1-c1cc(-c2ncccn2)ccn1. The smallest absolute Gasteiger partial charge is 0.158 e. The maximum atomic E-state index is 4.41.